The van der Waals surface area contributed by atoms with E-state index >= 15 is 0 Å². The van der Waals surface area contributed by atoms with E-state index in [1.807, 2.05) is 12.3 Å². The SMILES string of the molecule is CC(=O)NC1CCCC(C(=O)Nc2cc(-c3cnn4c3CCC(C)C4)c(Cl)cn2)C1. The molecule has 0 radical (unpaired) electrons. The molecule has 2 aliphatic rings. The molecule has 3 unspecified atom stereocenters. The third-order valence-electron chi connectivity index (χ3n) is 6.16. The van der Waals surface area contributed by atoms with Gasteiger partial charge in [0.15, 0.2) is 0 Å². The fraction of sp³-hybridized carbons (Fsp3) is 0.545. The van der Waals surface area contributed by atoms with E-state index in [2.05, 4.69) is 32.3 Å². The number of pyridine rings is 1. The Morgan fingerprint density at radius 2 is 2.03 bits per heavy atom. The van der Waals surface area contributed by atoms with Gasteiger partial charge in [0, 0.05) is 48.4 Å². The normalized spacial score (nSPS) is 23.5. The molecular weight excluding hydrogens is 402 g/mol. The maximum Gasteiger partial charge on any atom is 0.228 e. The van der Waals surface area contributed by atoms with Crippen molar-refractivity contribution in [3.8, 4) is 11.1 Å². The van der Waals surface area contributed by atoms with Crippen LogP contribution in [0.3, 0.4) is 0 Å². The molecule has 4 rings (SSSR count). The summed E-state index contributed by atoms with van der Waals surface area (Å²) in [7, 11) is 0. The van der Waals surface area contributed by atoms with E-state index in [4.69, 9.17) is 11.6 Å². The molecule has 1 saturated carbocycles. The summed E-state index contributed by atoms with van der Waals surface area (Å²) in [4.78, 5) is 28.5. The Bertz CT molecular complexity index is 957. The number of halogens is 1. The minimum Gasteiger partial charge on any atom is -0.354 e. The maximum atomic E-state index is 12.8. The Labute approximate surface area is 181 Å². The highest BCUT2D eigenvalue weighted by Gasteiger charge is 2.28. The van der Waals surface area contributed by atoms with Crippen LogP contribution >= 0.6 is 11.6 Å². The Morgan fingerprint density at radius 3 is 2.83 bits per heavy atom. The van der Waals surface area contributed by atoms with Crippen molar-refractivity contribution < 1.29 is 9.59 Å². The van der Waals surface area contributed by atoms with E-state index < -0.39 is 0 Å². The summed E-state index contributed by atoms with van der Waals surface area (Å²) >= 11 is 6.46. The third kappa shape index (κ3) is 4.51. The van der Waals surface area contributed by atoms with Crippen molar-refractivity contribution in [1.82, 2.24) is 20.1 Å². The van der Waals surface area contributed by atoms with Crippen molar-refractivity contribution in [3.05, 3.63) is 29.2 Å². The van der Waals surface area contributed by atoms with Crippen molar-refractivity contribution in [2.24, 2.45) is 11.8 Å². The molecule has 3 atom stereocenters. The van der Waals surface area contributed by atoms with Crippen LogP contribution in [0.25, 0.3) is 11.1 Å². The summed E-state index contributed by atoms with van der Waals surface area (Å²) in [5.41, 5.74) is 3.04. The molecule has 1 aliphatic carbocycles. The van der Waals surface area contributed by atoms with Crippen LogP contribution in [0.4, 0.5) is 5.82 Å². The molecule has 0 spiro atoms. The molecule has 7 nitrogen and oxygen atoms in total. The average molecular weight is 430 g/mol. The molecule has 0 saturated heterocycles. The number of fused-ring (bicyclic) bond motifs is 1. The standard InChI is InChI=1S/C22H28ClN5O2/c1-13-6-7-20-18(10-25-28(20)12-13)17-9-21(24-11-19(17)23)27-22(30)15-4-3-5-16(8-15)26-14(2)29/h9-11,13,15-16H,3-8,12H2,1-2H3,(H,26,29)(H,24,27,30). The topological polar surface area (TPSA) is 88.9 Å². The van der Waals surface area contributed by atoms with E-state index in [-0.39, 0.29) is 23.8 Å². The van der Waals surface area contributed by atoms with E-state index in [9.17, 15) is 9.59 Å². The molecule has 3 heterocycles. The molecule has 160 valence electrons. The number of carbonyl (C=O) groups is 2. The monoisotopic (exact) mass is 429 g/mol. The van der Waals surface area contributed by atoms with Crippen molar-refractivity contribution in [3.63, 3.8) is 0 Å². The van der Waals surface area contributed by atoms with Crippen LogP contribution in [0.15, 0.2) is 18.5 Å². The van der Waals surface area contributed by atoms with Gasteiger partial charge in [-0.3, -0.25) is 14.3 Å². The van der Waals surface area contributed by atoms with Crippen LogP contribution in [-0.2, 0) is 22.6 Å². The zero-order chi connectivity index (χ0) is 21.3. The molecule has 8 heteroatoms. The van der Waals surface area contributed by atoms with Gasteiger partial charge in [-0.05, 0) is 44.1 Å². The molecule has 2 N–H and O–H groups in total. The number of hydrogen-bond donors (Lipinski definition) is 2. The summed E-state index contributed by atoms with van der Waals surface area (Å²) in [6, 6.07) is 1.90. The summed E-state index contributed by atoms with van der Waals surface area (Å²) in [5, 5.41) is 11.0. The molecule has 1 fully saturated rings. The van der Waals surface area contributed by atoms with Gasteiger partial charge < -0.3 is 10.6 Å². The Kier molecular flexibility index (Phi) is 6.09. The van der Waals surface area contributed by atoms with E-state index in [0.717, 1.165) is 49.8 Å². The van der Waals surface area contributed by atoms with Gasteiger partial charge in [-0.1, -0.05) is 24.9 Å². The van der Waals surface area contributed by atoms with Crippen LogP contribution in [0, 0.1) is 11.8 Å². The number of nitrogens with one attached hydrogen (secondary N) is 2. The Morgan fingerprint density at radius 1 is 1.20 bits per heavy atom. The number of carbonyl (C=O) groups excluding carboxylic acids is 2. The van der Waals surface area contributed by atoms with Crippen LogP contribution in [0.5, 0.6) is 0 Å². The third-order valence-corrected chi connectivity index (χ3v) is 6.46. The minimum atomic E-state index is -0.137. The molecular formula is C22H28ClN5O2. The molecule has 0 aromatic carbocycles. The number of aromatic nitrogens is 3. The number of hydrogen-bond acceptors (Lipinski definition) is 4. The predicted octanol–water partition coefficient (Wildman–Crippen LogP) is 3.81. The zero-order valence-corrected chi connectivity index (χ0v) is 18.2. The summed E-state index contributed by atoms with van der Waals surface area (Å²) in [6.07, 6.45) is 8.84. The second-order valence-electron chi connectivity index (χ2n) is 8.63. The lowest BCUT2D eigenvalue weighted by Gasteiger charge is -2.28. The maximum absolute atomic E-state index is 12.8. The van der Waals surface area contributed by atoms with Crippen LogP contribution in [0.1, 0.15) is 51.6 Å². The largest absolute Gasteiger partial charge is 0.354 e. The Hall–Kier alpha value is -2.41. The van der Waals surface area contributed by atoms with E-state index in [0.29, 0.717) is 23.2 Å². The predicted molar refractivity (Wildman–Crippen MR) is 116 cm³/mol. The average Bonchev–Trinajstić information content (AvgIpc) is 3.12. The van der Waals surface area contributed by atoms with Crippen LogP contribution < -0.4 is 10.6 Å². The smallest absolute Gasteiger partial charge is 0.228 e. The highest BCUT2D eigenvalue weighted by molar-refractivity contribution is 6.33. The molecule has 2 aromatic heterocycles. The van der Waals surface area contributed by atoms with Gasteiger partial charge in [-0.2, -0.15) is 5.10 Å². The van der Waals surface area contributed by atoms with Gasteiger partial charge in [-0.15, -0.1) is 0 Å². The first kappa shape index (κ1) is 20.8. The first-order valence-corrected chi connectivity index (χ1v) is 11.1. The van der Waals surface area contributed by atoms with Crippen LogP contribution in [-0.4, -0.2) is 32.6 Å². The van der Waals surface area contributed by atoms with Gasteiger partial charge in [0.05, 0.1) is 11.2 Å². The number of nitrogens with zero attached hydrogens (tertiary/aromatic N) is 3. The summed E-state index contributed by atoms with van der Waals surface area (Å²) < 4.78 is 2.06. The molecule has 30 heavy (non-hydrogen) atoms. The summed E-state index contributed by atoms with van der Waals surface area (Å²) in [5.74, 6) is 0.859. The molecule has 2 amide bonds. The van der Waals surface area contributed by atoms with Crippen molar-refractivity contribution in [1.29, 1.82) is 0 Å². The van der Waals surface area contributed by atoms with Gasteiger partial charge in [0.25, 0.3) is 0 Å². The minimum absolute atomic E-state index is 0.0519. The second-order valence-corrected chi connectivity index (χ2v) is 9.04. The van der Waals surface area contributed by atoms with E-state index in [1.54, 1.807) is 6.20 Å². The number of anilines is 1. The number of amides is 2. The fourth-order valence-electron chi connectivity index (χ4n) is 4.61. The quantitative estimate of drug-likeness (QED) is 0.773. The van der Waals surface area contributed by atoms with Gasteiger partial charge in [0.2, 0.25) is 11.8 Å². The lowest BCUT2D eigenvalue weighted by molar-refractivity contribution is -0.123. The zero-order valence-electron chi connectivity index (χ0n) is 17.4. The van der Waals surface area contributed by atoms with Crippen molar-refractivity contribution >= 4 is 29.2 Å². The van der Waals surface area contributed by atoms with Crippen molar-refractivity contribution in [2.75, 3.05) is 5.32 Å². The van der Waals surface area contributed by atoms with Gasteiger partial charge in [-0.25, -0.2) is 4.98 Å². The molecule has 2 aromatic rings. The summed E-state index contributed by atoms with van der Waals surface area (Å²) in [6.45, 7) is 4.66. The lowest BCUT2D eigenvalue weighted by atomic mass is 9.85. The lowest BCUT2D eigenvalue weighted by Crippen LogP contribution is -2.40. The highest BCUT2D eigenvalue weighted by Crippen LogP contribution is 2.35. The van der Waals surface area contributed by atoms with Gasteiger partial charge in [0.1, 0.15) is 5.82 Å². The second kappa shape index (κ2) is 8.76. The van der Waals surface area contributed by atoms with E-state index in [1.165, 1.54) is 12.6 Å². The molecule has 1 aliphatic heterocycles. The van der Waals surface area contributed by atoms with Gasteiger partial charge >= 0.3 is 0 Å². The highest BCUT2D eigenvalue weighted by atomic mass is 35.5. The number of rotatable bonds is 4. The molecule has 0 bridgehead atoms. The first-order chi connectivity index (χ1) is 14.4. The van der Waals surface area contributed by atoms with Crippen molar-refractivity contribution in [2.45, 2.75) is 65.0 Å². The Balaban J connectivity index is 1.50. The fourth-order valence-corrected chi connectivity index (χ4v) is 4.82. The van der Waals surface area contributed by atoms with Crippen LogP contribution in [0.2, 0.25) is 5.02 Å². The first-order valence-electron chi connectivity index (χ1n) is 10.7.